The van der Waals surface area contributed by atoms with Crippen LogP contribution in [0.1, 0.15) is 16.1 Å². The molecule has 0 bridgehead atoms. The predicted molar refractivity (Wildman–Crippen MR) is 99.4 cm³/mol. The highest BCUT2D eigenvalue weighted by atomic mass is 32.1. The number of nitrogens with one attached hydrogen (secondary N) is 1. The first-order chi connectivity index (χ1) is 13.1. The van der Waals surface area contributed by atoms with Crippen molar-refractivity contribution in [3.8, 4) is 17.2 Å². The maximum Gasteiger partial charge on any atom is 0.257 e. The third kappa shape index (κ3) is 3.44. The zero-order valence-electron chi connectivity index (χ0n) is 14.1. The van der Waals surface area contributed by atoms with Crippen molar-refractivity contribution in [1.82, 2.24) is 24.4 Å². The van der Waals surface area contributed by atoms with E-state index in [2.05, 4.69) is 25.0 Å². The molecule has 1 amide bonds. The van der Waals surface area contributed by atoms with Crippen molar-refractivity contribution in [3.05, 3.63) is 71.7 Å². The van der Waals surface area contributed by atoms with Crippen LogP contribution in [-0.2, 0) is 0 Å². The van der Waals surface area contributed by atoms with Gasteiger partial charge in [0.15, 0.2) is 11.5 Å². The maximum absolute atomic E-state index is 13.5. The summed E-state index contributed by atoms with van der Waals surface area (Å²) in [6.45, 7) is 1.80. The van der Waals surface area contributed by atoms with Gasteiger partial charge in [0.25, 0.3) is 5.91 Å². The van der Waals surface area contributed by atoms with E-state index in [9.17, 15) is 9.18 Å². The van der Waals surface area contributed by atoms with E-state index in [1.165, 1.54) is 16.8 Å². The third-order valence-corrected chi connectivity index (χ3v) is 4.47. The Balaban J connectivity index is 1.58. The van der Waals surface area contributed by atoms with E-state index in [1.54, 1.807) is 43.3 Å². The van der Waals surface area contributed by atoms with Gasteiger partial charge in [0.2, 0.25) is 5.13 Å². The molecule has 4 aromatic rings. The average molecular weight is 380 g/mol. The second-order valence-electron chi connectivity index (χ2n) is 5.66. The molecular formula is C18H13FN6OS. The van der Waals surface area contributed by atoms with Gasteiger partial charge in [-0.05, 0) is 37.3 Å². The molecule has 9 heteroatoms. The van der Waals surface area contributed by atoms with Gasteiger partial charge in [-0.25, -0.2) is 9.07 Å². The van der Waals surface area contributed by atoms with Crippen molar-refractivity contribution >= 4 is 22.6 Å². The molecule has 0 saturated heterocycles. The monoisotopic (exact) mass is 380 g/mol. The van der Waals surface area contributed by atoms with E-state index in [1.807, 2.05) is 6.07 Å². The number of carbonyl (C=O) groups excluding carboxylic acids is 1. The van der Waals surface area contributed by atoms with Crippen LogP contribution in [0.3, 0.4) is 0 Å². The summed E-state index contributed by atoms with van der Waals surface area (Å²) < 4.78 is 19.2. The van der Waals surface area contributed by atoms with Crippen LogP contribution in [0.5, 0.6) is 0 Å². The van der Waals surface area contributed by atoms with Crippen molar-refractivity contribution in [3.63, 3.8) is 0 Å². The highest BCUT2D eigenvalue weighted by Crippen LogP contribution is 2.24. The largest absolute Gasteiger partial charge is 0.297 e. The number of aromatic nitrogens is 5. The van der Waals surface area contributed by atoms with Gasteiger partial charge in [0, 0.05) is 17.1 Å². The summed E-state index contributed by atoms with van der Waals surface area (Å²) in [5.74, 6) is -0.274. The van der Waals surface area contributed by atoms with Gasteiger partial charge in [-0.2, -0.15) is 9.36 Å². The van der Waals surface area contributed by atoms with Crippen LogP contribution in [0.4, 0.5) is 9.52 Å². The molecule has 0 unspecified atom stereocenters. The molecule has 134 valence electrons. The molecule has 0 aliphatic rings. The molecule has 0 radical (unpaired) electrons. The quantitative estimate of drug-likeness (QED) is 0.586. The molecule has 2 aromatic carbocycles. The summed E-state index contributed by atoms with van der Waals surface area (Å²) in [4.78, 5) is 16.5. The van der Waals surface area contributed by atoms with Gasteiger partial charge in [0.05, 0.1) is 11.4 Å². The number of amides is 1. The minimum Gasteiger partial charge on any atom is -0.297 e. The van der Waals surface area contributed by atoms with Crippen molar-refractivity contribution < 1.29 is 9.18 Å². The van der Waals surface area contributed by atoms with Crippen LogP contribution in [0.15, 0.2) is 54.6 Å². The highest BCUT2D eigenvalue weighted by Gasteiger charge is 2.18. The molecule has 7 nitrogen and oxygen atoms in total. The van der Waals surface area contributed by atoms with Crippen molar-refractivity contribution in [2.75, 3.05) is 5.32 Å². The van der Waals surface area contributed by atoms with Crippen LogP contribution in [0, 0.1) is 12.7 Å². The van der Waals surface area contributed by atoms with Gasteiger partial charge in [-0.1, -0.05) is 29.5 Å². The van der Waals surface area contributed by atoms with E-state index in [4.69, 9.17) is 0 Å². The lowest BCUT2D eigenvalue weighted by molar-refractivity contribution is 0.102. The Hall–Kier alpha value is -3.46. The maximum atomic E-state index is 13.5. The van der Waals surface area contributed by atoms with E-state index < -0.39 is 0 Å². The zero-order valence-corrected chi connectivity index (χ0v) is 14.9. The van der Waals surface area contributed by atoms with Crippen molar-refractivity contribution in [2.24, 2.45) is 0 Å². The van der Waals surface area contributed by atoms with E-state index in [0.29, 0.717) is 33.6 Å². The molecule has 2 heterocycles. The van der Waals surface area contributed by atoms with Gasteiger partial charge in [-0.3, -0.25) is 10.1 Å². The van der Waals surface area contributed by atoms with E-state index in [-0.39, 0.29) is 11.7 Å². The summed E-state index contributed by atoms with van der Waals surface area (Å²) in [5, 5.41) is 11.2. The number of nitrogens with zero attached hydrogens (tertiary/aromatic N) is 5. The number of anilines is 1. The molecule has 0 saturated carbocycles. The fourth-order valence-corrected chi connectivity index (χ4v) is 3.08. The number of hydrogen-bond donors (Lipinski definition) is 1. The molecule has 2 aromatic heterocycles. The van der Waals surface area contributed by atoms with Crippen LogP contribution in [0.2, 0.25) is 0 Å². The fourth-order valence-electron chi connectivity index (χ4n) is 2.52. The smallest absolute Gasteiger partial charge is 0.257 e. The average Bonchev–Trinajstić information content (AvgIpc) is 3.28. The molecule has 0 spiro atoms. The lowest BCUT2D eigenvalue weighted by Crippen LogP contribution is -2.11. The van der Waals surface area contributed by atoms with Crippen LogP contribution in [0.25, 0.3) is 17.2 Å². The molecule has 0 aliphatic heterocycles. The van der Waals surface area contributed by atoms with Gasteiger partial charge in [0.1, 0.15) is 5.82 Å². The van der Waals surface area contributed by atoms with Crippen LogP contribution in [-0.4, -0.2) is 30.3 Å². The number of carbonyl (C=O) groups is 1. The summed E-state index contributed by atoms with van der Waals surface area (Å²) in [7, 11) is 0. The fraction of sp³-hybridized carbons (Fsp3) is 0.0556. The summed E-state index contributed by atoms with van der Waals surface area (Å²) in [5.41, 5.74) is 2.22. The number of hydrogen-bond acceptors (Lipinski definition) is 6. The zero-order chi connectivity index (χ0) is 18.8. The molecular weight excluding hydrogens is 367 g/mol. The first-order valence-electron chi connectivity index (χ1n) is 8.00. The SMILES string of the molecule is Cc1c(-c2nsc(NC(=O)c3ccccc3)n2)nnn1-c1cccc(F)c1. The Kier molecular flexibility index (Phi) is 4.43. The van der Waals surface area contributed by atoms with E-state index >= 15 is 0 Å². The Bertz CT molecular complexity index is 1110. The standard InChI is InChI=1S/C18H13FN6OS/c1-11-15(22-24-25(11)14-9-5-8-13(19)10-14)16-20-18(27-23-16)21-17(26)12-6-3-2-4-7-12/h2-10H,1H3,(H,20,21,23,26). The molecule has 0 fully saturated rings. The minimum atomic E-state index is -0.360. The van der Waals surface area contributed by atoms with Gasteiger partial charge >= 0.3 is 0 Å². The van der Waals surface area contributed by atoms with E-state index in [0.717, 1.165) is 11.5 Å². The first-order valence-corrected chi connectivity index (χ1v) is 8.78. The lowest BCUT2D eigenvalue weighted by atomic mass is 10.2. The summed E-state index contributed by atoms with van der Waals surface area (Å²) >= 11 is 1.05. The molecule has 4 rings (SSSR count). The topological polar surface area (TPSA) is 85.6 Å². The molecule has 0 aliphatic carbocycles. The molecule has 27 heavy (non-hydrogen) atoms. The Morgan fingerprint density at radius 3 is 2.74 bits per heavy atom. The van der Waals surface area contributed by atoms with Crippen molar-refractivity contribution in [1.29, 1.82) is 0 Å². The van der Waals surface area contributed by atoms with Gasteiger partial charge in [-0.15, -0.1) is 5.10 Å². The number of halogens is 1. The predicted octanol–water partition coefficient (Wildman–Crippen LogP) is 3.49. The summed E-state index contributed by atoms with van der Waals surface area (Å²) in [6.07, 6.45) is 0. The lowest BCUT2D eigenvalue weighted by Gasteiger charge is -2.02. The number of rotatable bonds is 4. The highest BCUT2D eigenvalue weighted by molar-refractivity contribution is 7.10. The normalized spacial score (nSPS) is 10.7. The summed E-state index contributed by atoms with van der Waals surface area (Å²) in [6, 6.07) is 14.9. The second kappa shape index (κ2) is 7.04. The van der Waals surface area contributed by atoms with Crippen molar-refractivity contribution in [2.45, 2.75) is 6.92 Å². The van der Waals surface area contributed by atoms with Crippen LogP contribution < -0.4 is 5.32 Å². The minimum absolute atomic E-state index is 0.265. The Labute approximate surface area is 157 Å². The molecule has 0 atom stereocenters. The van der Waals surface area contributed by atoms with Gasteiger partial charge < -0.3 is 0 Å². The third-order valence-electron chi connectivity index (χ3n) is 3.84. The van der Waals surface area contributed by atoms with Crippen LogP contribution >= 0.6 is 11.5 Å². The second-order valence-corrected chi connectivity index (χ2v) is 6.41. The first kappa shape index (κ1) is 17.0. The Morgan fingerprint density at radius 1 is 1.15 bits per heavy atom. The molecule has 1 N–H and O–H groups in total. The number of benzene rings is 2. The Morgan fingerprint density at radius 2 is 1.96 bits per heavy atom.